The van der Waals surface area contributed by atoms with E-state index in [1.165, 1.54) is 0 Å². The predicted octanol–water partition coefficient (Wildman–Crippen LogP) is 6.49. The van der Waals surface area contributed by atoms with E-state index in [-0.39, 0.29) is 12.4 Å². The van der Waals surface area contributed by atoms with E-state index in [4.69, 9.17) is 44.3 Å². The van der Waals surface area contributed by atoms with Gasteiger partial charge in [-0.2, -0.15) is 0 Å². The van der Waals surface area contributed by atoms with Gasteiger partial charge in [0.05, 0.1) is 10.0 Å². The van der Waals surface area contributed by atoms with Gasteiger partial charge >= 0.3 is 0 Å². The summed E-state index contributed by atoms with van der Waals surface area (Å²) in [4.78, 5) is 12.2. The zero-order chi connectivity index (χ0) is 19.2. The number of carbonyl (C=O) groups is 1. The molecule has 0 aliphatic carbocycles. The fourth-order valence-corrected chi connectivity index (χ4v) is 2.74. The Hall–Kier alpha value is -2.20. The van der Waals surface area contributed by atoms with Gasteiger partial charge < -0.3 is 9.47 Å². The fraction of sp³-hybridized carbons (Fsp3) is 0.0952. The van der Waals surface area contributed by atoms with Crippen LogP contribution in [0, 0.1) is 0 Å². The molecule has 0 spiro atoms. The summed E-state index contributed by atoms with van der Waals surface area (Å²) in [6.45, 7) is 0.301. The van der Waals surface area contributed by atoms with Crippen LogP contribution in [0.4, 0.5) is 0 Å². The van der Waals surface area contributed by atoms with Gasteiger partial charge in [0, 0.05) is 10.6 Å². The van der Waals surface area contributed by atoms with Crippen LogP contribution in [0.3, 0.4) is 0 Å². The Kier molecular flexibility index (Phi) is 6.62. The number of halogens is 3. The van der Waals surface area contributed by atoms with Crippen molar-refractivity contribution >= 4 is 40.6 Å². The zero-order valence-electron chi connectivity index (χ0n) is 14.1. The molecular weight excluding hydrogens is 407 g/mol. The maximum absolute atomic E-state index is 12.2. The molecule has 0 aromatic heterocycles. The van der Waals surface area contributed by atoms with Crippen LogP contribution in [0.15, 0.2) is 66.7 Å². The first-order valence-electron chi connectivity index (χ1n) is 8.09. The van der Waals surface area contributed by atoms with Gasteiger partial charge in [0.1, 0.15) is 18.1 Å². The maximum atomic E-state index is 12.2. The number of benzene rings is 3. The van der Waals surface area contributed by atoms with Gasteiger partial charge in [-0.05, 0) is 66.2 Å². The van der Waals surface area contributed by atoms with Crippen molar-refractivity contribution in [2.24, 2.45) is 0 Å². The van der Waals surface area contributed by atoms with Crippen molar-refractivity contribution in [3.8, 4) is 11.5 Å². The summed E-state index contributed by atoms with van der Waals surface area (Å²) in [7, 11) is 0. The lowest BCUT2D eigenvalue weighted by molar-refractivity contribution is 0.0921. The highest BCUT2D eigenvalue weighted by Gasteiger charge is 2.08. The third kappa shape index (κ3) is 5.64. The quantitative estimate of drug-likeness (QED) is 0.409. The van der Waals surface area contributed by atoms with Crippen molar-refractivity contribution in [1.82, 2.24) is 0 Å². The smallest absolute Gasteiger partial charge is 0.200 e. The molecule has 0 aliphatic heterocycles. The summed E-state index contributed by atoms with van der Waals surface area (Å²) < 4.78 is 11.2. The minimum Gasteiger partial charge on any atom is -0.489 e. The molecule has 0 radical (unpaired) electrons. The van der Waals surface area contributed by atoms with Crippen LogP contribution < -0.4 is 9.47 Å². The van der Waals surface area contributed by atoms with Gasteiger partial charge in [-0.1, -0.05) is 40.9 Å². The number of carbonyl (C=O) groups excluding carboxylic acids is 1. The summed E-state index contributed by atoms with van der Waals surface area (Å²) in [6.07, 6.45) is 0. The Labute approximate surface area is 172 Å². The van der Waals surface area contributed by atoms with Crippen LogP contribution in [0.2, 0.25) is 15.1 Å². The van der Waals surface area contributed by atoms with Crippen LogP contribution in [0.1, 0.15) is 15.9 Å². The molecule has 0 saturated heterocycles. The van der Waals surface area contributed by atoms with Gasteiger partial charge in [0.25, 0.3) is 0 Å². The van der Waals surface area contributed by atoms with Gasteiger partial charge in [-0.15, -0.1) is 0 Å². The van der Waals surface area contributed by atoms with Gasteiger partial charge in [0.15, 0.2) is 12.4 Å². The van der Waals surface area contributed by atoms with Gasteiger partial charge in [0.2, 0.25) is 0 Å². The van der Waals surface area contributed by atoms with Crippen molar-refractivity contribution in [2.75, 3.05) is 6.61 Å². The largest absolute Gasteiger partial charge is 0.489 e. The van der Waals surface area contributed by atoms with E-state index >= 15 is 0 Å². The highest BCUT2D eigenvalue weighted by Crippen LogP contribution is 2.23. The van der Waals surface area contributed by atoms with E-state index in [2.05, 4.69) is 0 Å². The van der Waals surface area contributed by atoms with Gasteiger partial charge in [-0.25, -0.2) is 0 Å². The molecule has 3 aromatic rings. The molecule has 3 nitrogen and oxygen atoms in total. The number of Topliss-reactive ketones (excluding diaryl/α,β-unsaturated/α-hetero) is 1. The molecule has 0 N–H and O–H groups in total. The van der Waals surface area contributed by atoms with E-state index in [0.717, 1.165) is 5.56 Å². The lowest BCUT2D eigenvalue weighted by Crippen LogP contribution is -2.11. The van der Waals surface area contributed by atoms with Crippen LogP contribution in [0.25, 0.3) is 0 Å². The average Bonchev–Trinajstić information content (AvgIpc) is 2.68. The fourth-order valence-electron chi connectivity index (χ4n) is 2.30. The minimum atomic E-state index is -0.124. The second kappa shape index (κ2) is 9.14. The molecule has 6 heteroatoms. The first-order valence-corrected chi connectivity index (χ1v) is 9.23. The van der Waals surface area contributed by atoms with E-state index < -0.39 is 0 Å². The number of hydrogen-bond acceptors (Lipinski definition) is 3. The topological polar surface area (TPSA) is 35.5 Å². The molecule has 0 unspecified atom stereocenters. The molecule has 0 saturated carbocycles. The number of rotatable bonds is 7. The Morgan fingerprint density at radius 3 is 2.04 bits per heavy atom. The second-order valence-electron chi connectivity index (χ2n) is 5.73. The first-order chi connectivity index (χ1) is 13.0. The lowest BCUT2D eigenvalue weighted by Gasteiger charge is -2.09. The standard InChI is InChI=1S/C21H15Cl3O3/c22-16-4-8-18(9-5-16)27-13-21(25)15-2-6-17(7-3-15)26-12-14-1-10-19(23)20(24)11-14/h1-11H,12-13H2. The third-order valence-corrected chi connectivity index (χ3v) is 4.74. The monoisotopic (exact) mass is 420 g/mol. The molecule has 0 aliphatic rings. The van der Waals surface area contributed by atoms with E-state index in [0.29, 0.717) is 38.7 Å². The summed E-state index contributed by atoms with van der Waals surface area (Å²) in [5, 5.41) is 1.61. The van der Waals surface area contributed by atoms with Crippen LogP contribution in [0.5, 0.6) is 11.5 Å². The normalized spacial score (nSPS) is 10.5. The number of ether oxygens (including phenoxy) is 2. The van der Waals surface area contributed by atoms with Crippen LogP contribution in [-0.2, 0) is 6.61 Å². The van der Waals surface area contributed by atoms with Crippen molar-refractivity contribution in [3.05, 3.63) is 92.9 Å². The Balaban J connectivity index is 1.53. The summed E-state index contributed by atoms with van der Waals surface area (Å²) in [5.41, 5.74) is 1.45. The molecule has 0 fully saturated rings. The Morgan fingerprint density at radius 1 is 0.741 bits per heavy atom. The average molecular weight is 422 g/mol. The first kappa shape index (κ1) is 19.6. The number of hydrogen-bond donors (Lipinski definition) is 0. The molecule has 0 heterocycles. The van der Waals surface area contributed by atoms with E-state index in [1.807, 2.05) is 6.07 Å². The van der Waals surface area contributed by atoms with Crippen molar-refractivity contribution in [1.29, 1.82) is 0 Å². The Bertz CT molecular complexity index is 922. The molecular formula is C21H15Cl3O3. The summed E-state index contributed by atoms with van der Waals surface area (Å²) >= 11 is 17.7. The van der Waals surface area contributed by atoms with Crippen molar-refractivity contribution < 1.29 is 14.3 Å². The SMILES string of the molecule is O=C(COc1ccc(Cl)cc1)c1ccc(OCc2ccc(Cl)c(Cl)c2)cc1. The molecule has 138 valence electrons. The zero-order valence-corrected chi connectivity index (χ0v) is 16.4. The van der Waals surface area contributed by atoms with E-state index in [1.54, 1.807) is 60.7 Å². The second-order valence-corrected chi connectivity index (χ2v) is 6.98. The van der Waals surface area contributed by atoms with Gasteiger partial charge in [-0.3, -0.25) is 4.79 Å². The molecule has 0 amide bonds. The minimum absolute atomic E-state index is 0.0505. The molecule has 3 aromatic carbocycles. The maximum Gasteiger partial charge on any atom is 0.200 e. The van der Waals surface area contributed by atoms with Crippen LogP contribution >= 0.6 is 34.8 Å². The lowest BCUT2D eigenvalue weighted by atomic mass is 10.1. The highest BCUT2D eigenvalue weighted by molar-refractivity contribution is 6.42. The van der Waals surface area contributed by atoms with E-state index in [9.17, 15) is 4.79 Å². The summed E-state index contributed by atoms with van der Waals surface area (Å²) in [6, 6.07) is 19.1. The predicted molar refractivity (Wildman–Crippen MR) is 109 cm³/mol. The molecule has 0 atom stereocenters. The molecule has 0 bridgehead atoms. The highest BCUT2D eigenvalue weighted by atomic mass is 35.5. The molecule has 27 heavy (non-hydrogen) atoms. The van der Waals surface area contributed by atoms with Crippen molar-refractivity contribution in [3.63, 3.8) is 0 Å². The summed E-state index contributed by atoms with van der Waals surface area (Å²) in [5.74, 6) is 1.12. The van der Waals surface area contributed by atoms with Crippen molar-refractivity contribution in [2.45, 2.75) is 6.61 Å². The van der Waals surface area contributed by atoms with Crippen LogP contribution in [-0.4, -0.2) is 12.4 Å². The Morgan fingerprint density at radius 2 is 1.37 bits per heavy atom. The number of ketones is 1. The third-order valence-electron chi connectivity index (χ3n) is 3.75. The molecule has 3 rings (SSSR count).